The second-order valence-electron chi connectivity index (χ2n) is 4.21. The van der Waals surface area contributed by atoms with E-state index >= 15 is 0 Å². The molecule has 1 aliphatic rings. The third-order valence-corrected chi connectivity index (χ3v) is 2.96. The topological polar surface area (TPSA) is 61.6 Å². The van der Waals surface area contributed by atoms with Crippen molar-refractivity contribution >= 4 is 5.95 Å². The summed E-state index contributed by atoms with van der Waals surface area (Å²) >= 11 is 0. The molecule has 1 heterocycles. The zero-order chi connectivity index (χ0) is 11.2. The molecule has 0 unspecified atom stereocenters. The quantitative estimate of drug-likeness (QED) is 0.771. The smallest absolute Gasteiger partial charge is 0.224 e. The minimum atomic E-state index is 0.422. The molecule has 1 saturated carbocycles. The lowest BCUT2D eigenvalue weighted by atomic mass is 10.1. The second kappa shape index (κ2) is 5.45. The molecule has 4 heteroatoms. The molecule has 1 aromatic rings. The van der Waals surface area contributed by atoms with E-state index in [1.165, 1.54) is 38.5 Å². The molecular weight excluding hydrogens is 200 g/mol. The molecule has 84 valence electrons. The van der Waals surface area contributed by atoms with Crippen molar-refractivity contribution in [1.29, 1.82) is 5.26 Å². The zero-order valence-corrected chi connectivity index (χ0v) is 9.32. The van der Waals surface area contributed by atoms with Crippen molar-refractivity contribution in [3.8, 4) is 6.07 Å². The molecule has 1 aromatic heterocycles. The summed E-state index contributed by atoms with van der Waals surface area (Å²) in [5.74, 6) is 0.589. The molecule has 1 fully saturated rings. The first-order valence-electron chi connectivity index (χ1n) is 5.88. The maximum atomic E-state index is 8.74. The van der Waals surface area contributed by atoms with Gasteiger partial charge in [0, 0.05) is 12.2 Å². The molecule has 0 aromatic carbocycles. The van der Waals surface area contributed by atoms with Crippen LogP contribution in [0.5, 0.6) is 0 Å². The normalized spacial score (nSPS) is 17.4. The van der Waals surface area contributed by atoms with E-state index in [9.17, 15) is 0 Å². The summed E-state index contributed by atoms with van der Waals surface area (Å²) in [4.78, 5) is 8.27. The summed E-state index contributed by atoms with van der Waals surface area (Å²) in [7, 11) is 0. The molecule has 0 aliphatic heterocycles. The van der Waals surface area contributed by atoms with Crippen LogP contribution in [0.1, 0.15) is 44.2 Å². The van der Waals surface area contributed by atoms with Crippen molar-refractivity contribution in [2.24, 2.45) is 0 Å². The van der Waals surface area contributed by atoms with Gasteiger partial charge in [-0.3, -0.25) is 0 Å². The van der Waals surface area contributed by atoms with E-state index in [1.807, 2.05) is 6.07 Å². The van der Waals surface area contributed by atoms with Crippen LogP contribution >= 0.6 is 0 Å². The Morgan fingerprint density at radius 2 is 2.00 bits per heavy atom. The third kappa shape index (κ3) is 2.93. The lowest BCUT2D eigenvalue weighted by Gasteiger charge is -2.15. The molecule has 0 spiro atoms. The van der Waals surface area contributed by atoms with Crippen molar-refractivity contribution in [2.75, 3.05) is 5.32 Å². The molecule has 4 nitrogen and oxygen atoms in total. The van der Waals surface area contributed by atoms with Crippen molar-refractivity contribution in [3.05, 3.63) is 18.0 Å². The van der Waals surface area contributed by atoms with E-state index in [-0.39, 0.29) is 0 Å². The fourth-order valence-electron chi connectivity index (χ4n) is 2.10. The highest BCUT2D eigenvalue weighted by Crippen LogP contribution is 2.19. The van der Waals surface area contributed by atoms with Crippen LogP contribution in [-0.2, 0) is 0 Å². The Balaban J connectivity index is 1.99. The molecular formula is C12H16N4. The van der Waals surface area contributed by atoms with Crippen LogP contribution in [0.15, 0.2) is 12.3 Å². The predicted molar refractivity (Wildman–Crippen MR) is 61.9 cm³/mol. The Morgan fingerprint density at radius 3 is 2.69 bits per heavy atom. The largest absolute Gasteiger partial charge is 0.351 e. The average molecular weight is 216 g/mol. The van der Waals surface area contributed by atoms with Crippen LogP contribution in [0.3, 0.4) is 0 Å². The maximum Gasteiger partial charge on any atom is 0.224 e. The Hall–Kier alpha value is -1.63. The van der Waals surface area contributed by atoms with Gasteiger partial charge in [-0.15, -0.1) is 0 Å². The first-order chi connectivity index (χ1) is 7.88. The van der Waals surface area contributed by atoms with Gasteiger partial charge in [-0.1, -0.05) is 25.7 Å². The van der Waals surface area contributed by atoms with E-state index in [2.05, 4.69) is 15.3 Å². The number of nitrogens with zero attached hydrogens (tertiary/aromatic N) is 3. The van der Waals surface area contributed by atoms with Crippen LogP contribution in [-0.4, -0.2) is 16.0 Å². The summed E-state index contributed by atoms with van der Waals surface area (Å²) in [5, 5.41) is 12.1. The van der Waals surface area contributed by atoms with Gasteiger partial charge < -0.3 is 5.32 Å². The fourth-order valence-corrected chi connectivity index (χ4v) is 2.10. The lowest BCUT2D eigenvalue weighted by molar-refractivity contribution is 0.614. The molecule has 0 amide bonds. The van der Waals surface area contributed by atoms with Gasteiger partial charge in [0.15, 0.2) is 0 Å². The van der Waals surface area contributed by atoms with Gasteiger partial charge in [0.1, 0.15) is 11.8 Å². The molecule has 2 rings (SSSR count). The van der Waals surface area contributed by atoms with Crippen molar-refractivity contribution in [1.82, 2.24) is 9.97 Å². The Morgan fingerprint density at radius 1 is 1.25 bits per heavy atom. The van der Waals surface area contributed by atoms with Crippen LogP contribution in [0.2, 0.25) is 0 Å². The summed E-state index contributed by atoms with van der Waals surface area (Å²) in [5.41, 5.74) is 0.422. The number of anilines is 1. The van der Waals surface area contributed by atoms with Gasteiger partial charge in [-0.05, 0) is 18.9 Å². The van der Waals surface area contributed by atoms with Crippen LogP contribution in [0.25, 0.3) is 0 Å². The monoisotopic (exact) mass is 216 g/mol. The Kier molecular flexibility index (Phi) is 3.71. The highest BCUT2D eigenvalue weighted by Gasteiger charge is 2.12. The van der Waals surface area contributed by atoms with E-state index < -0.39 is 0 Å². The summed E-state index contributed by atoms with van der Waals surface area (Å²) in [6, 6.07) is 4.12. The number of aromatic nitrogens is 2. The second-order valence-corrected chi connectivity index (χ2v) is 4.21. The maximum absolute atomic E-state index is 8.74. The van der Waals surface area contributed by atoms with Gasteiger partial charge in [-0.2, -0.15) is 5.26 Å². The number of hydrogen-bond acceptors (Lipinski definition) is 4. The molecule has 1 aliphatic carbocycles. The standard InChI is InChI=1S/C12H16N4/c13-9-11-7-8-14-12(16-11)15-10-5-3-1-2-4-6-10/h7-8,10H,1-6H2,(H,14,15,16). The first-order valence-corrected chi connectivity index (χ1v) is 5.88. The Labute approximate surface area is 95.7 Å². The van der Waals surface area contributed by atoms with Crippen LogP contribution < -0.4 is 5.32 Å². The van der Waals surface area contributed by atoms with Crippen LogP contribution in [0, 0.1) is 11.3 Å². The fraction of sp³-hybridized carbons (Fsp3) is 0.583. The molecule has 0 atom stereocenters. The predicted octanol–water partition coefficient (Wildman–Crippen LogP) is 2.48. The van der Waals surface area contributed by atoms with Gasteiger partial charge in [0.05, 0.1) is 0 Å². The minimum Gasteiger partial charge on any atom is -0.351 e. The number of nitrogens with one attached hydrogen (secondary N) is 1. The van der Waals surface area contributed by atoms with Gasteiger partial charge in [-0.25, -0.2) is 9.97 Å². The lowest BCUT2D eigenvalue weighted by Crippen LogP contribution is -2.20. The highest BCUT2D eigenvalue weighted by atomic mass is 15.1. The van der Waals surface area contributed by atoms with E-state index in [0.29, 0.717) is 17.7 Å². The third-order valence-electron chi connectivity index (χ3n) is 2.96. The van der Waals surface area contributed by atoms with Gasteiger partial charge in [0.2, 0.25) is 5.95 Å². The molecule has 1 N–H and O–H groups in total. The Bertz CT molecular complexity index is 375. The van der Waals surface area contributed by atoms with E-state index in [0.717, 1.165) is 0 Å². The molecule has 16 heavy (non-hydrogen) atoms. The summed E-state index contributed by atoms with van der Waals surface area (Å²) in [6.45, 7) is 0. The minimum absolute atomic E-state index is 0.422. The average Bonchev–Trinajstić information content (AvgIpc) is 2.58. The zero-order valence-electron chi connectivity index (χ0n) is 9.32. The molecule has 0 bridgehead atoms. The number of rotatable bonds is 2. The number of nitriles is 1. The molecule has 0 radical (unpaired) electrons. The van der Waals surface area contributed by atoms with Crippen molar-refractivity contribution in [3.63, 3.8) is 0 Å². The summed E-state index contributed by atoms with van der Waals surface area (Å²) < 4.78 is 0. The first kappa shape index (κ1) is 10.9. The summed E-state index contributed by atoms with van der Waals surface area (Å²) in [6.07, 6.45) is 9.20. The van der Waals surface area contributed by atoms with Crippen LogP contribution in [0.4, 0.5) is 5.95 Å². The van der Waals surface area contributed by atoms with Crippen molar-refractivity contribution in [2.45, 2.75) is 44.6 Å². The van der Waals surface area contributed by atoms with E-state index in [4.69, 9.17) is 5.26 Å². The van der Waals surface area contributed by atoms with Gasteiger partial charge >= 0.3 is 0 Å². The molecule has 0 saturated heterocycles. The van der Waals surface area contributed by atoms with E-state index in [1.54, 1.807) is 12.3 Å². The SMILES string of the molecule is N#Cc1ccnc(NC2CCCCCC2)n1. The van der Waals surface area contributed by atoms with Crippen molar-refractivity contribution < 1.29 is 0 Å². The number of hydrogen-bond donors (Lipinski definition) is 1. The highest BCUT2D eigenvalue weighted by molar-refractivity contribution is 5.31. The van der Waals surface area contributed by atoms with Gasteiger partial charge in [0.25, 0.3) is 0 Å².